The van der Waals surface area contributed by atoms with Gasteiger partial charge in [0.2, 0.25) is 0 Å². The van der Waals surface area contributed by atoms with Crippen LogP contribution in [0.3, 0.4) is 0 Å². The van der Waals surface area contributed by atoms with Crippen LogP contribution in [-0.2, 0) is 9.53 Å². The SMILES string of the molecule is C=CC(=O)C[C@@H]1CN(C(=O)OC(C)(C)C)C[C@H]1C. The number of ether oxygens (including phenoxy) is 1. The molecule has 1 aliphatic heterocycles. The normalized spacial score (nSPS) is 23.9. The third-order valence-corrected chi connectivity index (χ3v) is 3.11. The van der Waals surface area contributed by atoms with Crippen molar-refractivity contribution in [2.45, 2.75) is 39.7 Å². The van der Waals surface area contributed by atoms with E-state index < -0.39 is 5.60 Å². The second kappa shape index (κ2) is 5.55. The Kier molecular flexibility index (Phi) is 4.54. The molecule has 0 saturated carbocycles. The topological polar surface area (TPSA) is 46.6 Å². The summed E-state index contributed by atoms with van der Waals surface area (Å²) in [6.07, 6.45) is 1.52. The molecule has 0 aromatic rings. The molecule has 18 heavy (non-hydrogen) atoms. The highest BCUT2D eigenvalue weighted by molar-refractivity contribution is 5.89. The van der Waals surface area contributed by atoms with Crippen molar-refractivity contribution in [3.05, 3.63) is 12.7 Å². The van der Waals surface area contributed by atoms with Crippen LogP contribution in [0.25, 0.3) is 0 Å². The second-order valence-corrected chi connectivity index (χ2v) is 6.00. The molecule has 1 rings (SSSR count). The number of likely N-dealkylation sites (tertiary alicyclic amines) is 1. The molecule has 4 nitrogen and oxygen atoms in total. The monoisotopic (exact) mass is 253 g/mol. The molecule has 2 atom stereocenters. The van der Waals surface area contributed by atoms with Crippen molar-refractivity contribution < 1.29 is 14.3 Å². The molecule has 0 N–H and O–H groups in total. The van der Waals surface area contributed by atoms with Gasteiger partial charge in [-0.3, -0.25) is 4.79 Å². The molecular weight excluding hydrogens is 230 g/mol. The predicted octanol–water partition coefficient (Wildman–Crippen LogP) is 2.63. The Morgan fingerprint density at radius 2 is 2.00 bits per heavy atom. The van der Waals surface area contributed by atoms with Gasteiger partial charge in [-0.2, -0.15) is 0 Å². The molecule has 1 aliphatic rings. The lowest BCUT2D eigenvalue weighted by Gasteiger charge is -2.24. The minimum Gasteiger partial charge on any atom is -0.444 e. The van der Waals surface area contributed by atoms with E-state index in [4.69, 9.17) is 4.74 Å². The Morgan fingerprint density at radius 1 is 1.39 bits per heavy atom. The predicted molar refractivity (Wildman–Crippen MR) is 70.3 cm³/mol. The summed E-state index contributed by atoms with van der Waals surface area (Å²) in [5, 5.41) is 0. The molecule has 0 radical (unpaired) electrons. The molecule has 1 heterocycles. The van der Waals surface area contributed by atoms with Gasteiger partial charge in [-0.25, -0.2) is 4.79 Å². The van der Waals surface area contributed by atoms with E-state index in [0.717, 1.165) is 0 Å². The number of hydrogen-bond acceptors (Lipinski definition) is 3. The standard InChI is InChI=1S/C14H23NO3/c1-6-12(16)7-11-9-15(8-10(11)2)13(17)18-14(3,4)5/h6,10-11H,1,7-9H2,2-5H3/t10-,11-/m1/s1. The smallest absolute Gasteiger partial charge is 0.410 e. The van der Waals surface area contributed by atoms with Crippen molar-refractivity contribution in [1.29, 1.82) is 0 Å². The highest BCUT2D eigenvalue weighted by Crippen LogP contribution is 2.27. The average molecular weight is 253 g/mol. The van der Waals surface area contributed by atoms with Crippen LogP contribution >= 0.6 is 0 Å². The summed E-state index contributed by atoms with van der Waals surface area (Å²) in [4.78, 5) is 25.0. The van der Waals surface area contributed by atoms with Crippen LogP contribution in [0.2, 0.25) is 0 Å². The van der Waals surface area contributed by atoms with Crippen molar-refractivity contribution >= 4 is 11.9 Å². The first-order chi connectivity index (χ1) is 8.23. The second-order valence-electron chi connectivity index (χ2n) is 6.00. The van der Waals surface area contributed by atoms with Gasteiger partial charge in [-0.05, 0) is 38.7 Å². The summed E-state index contributed by atoms with van der Waals surface area (Å²) in [5.74, 6) is 0.572. The van der Waals surface area contributed by atoms with Gasteiger partial charge in [0.15, 0.2) is 5.78 Å². The first-order valence-electron chi connectivity index (χ1n) is 6.36. The van der Waals surface area contributed by atoms with Crippen LogP contribution in [0, 0.1) is 11.8 Å². The molecule has 0 bridgehead atoms. The Morgan fingerprint density at radius 3 is 2.50 bits per heavy atom. The van der Waals surface area contributed by atoms with E-state index >= 15 is 0 Å². The minimum absolute atomic E-state index is 0.0397. The number of allylic oxidation sites excluding steroid dienone is 1. The van der Waals surface area contributed by atoms with Crippen molar-refractivity contribution in [3.63, 3.8) is 0 Å². The third kappa shape index (κ3) is 4.17. The summed E-state index contributed by atoms with van der Waals surface area (Å²) < 4.78 is 5.33. The maximum Gasteiger partial charge on any atom is 0.410 e. The molecule has 1 fully saturated rings. The molecule has 0 unspecified atom stereocenters. The lowest BCUT2D eigenvalue weighted by atomic mass is 9.93. The lowest BCUT2D eigenvalue weighted by molar-refractivity contribution is -0.115. The molecule has 102 valence electrons. The van der Waals surface area contributed by atoms with E-state index in [1.807, 2.05) is 20.8 Å². The average Bonchev–Trinajstić information content (AvgIpc) is 2.58. The molecule has 1 amide bonds. The van der Waals surface area contributed by atoms with E-state index in [1.165, 1.54) is 6.08 Å². The largest absolute Gasteiger partial charge is 0.444 e. The fourth-order valence-corrected chi connectivity index (χ4v) is 2.12. The fraction of sp³-hybridized carbons (Fsp3) is 0.714. The van der Waals surface area contributed by atoms with Gasteiger partial charge in [0.05, 0.1) is 0 Å². The van der Waals surface area contributed by atoms with Crippen LogP contribution in [0.1, 0.15) is 34.1 Å². The van der Waals surface area contributed by atoms with Gasteiger partial charge in [-0.1, -0.05) is 13.5 Å². The van der Waals surface area contributed by atoms with Gasteiger partial charge >= 0.3 is 6.09 Å². The molecule has 1 saturated heterocycles. The summed E-state index contributed by atoms with van der Waals surface area (Å²) in [7, 11) is 0. The van der Waals surface area contributed by atoms with Crippen LogP contribution in [0.15, 0.2) is 12.7 Å². The van der Waals surface area contributed by atoms with Crippen LogP contribution in [-0.4, -0.2) is 35.5 Å². The number of rotatable bonds is 3. The molecule has 0 spiro atoms. The van der Waals surface area contributed by atoms with Gasteiger partial charge < -0.3 is 9.64 Å². The maximum absolute atomic E-state index is 11.9. The van der Waals surface area contributed by atoms with Gasteiger partial charge in [-0.15, -0.1) is 0 Å². The Hall–Kier alpha value is -1.32. The number of nitrogens with zero attached hydrogens (tertiary/aromatic N) is 1. The zero-order chi connectivity index (χ0) is 13.9. The molecule has 0 aliphatic carbocycles. The van der Waals surface area contributed by atoms with Gasteiger partial charge in [0.1, 0.15) is 5.60 Å². The van der Waals surface area contributed by atoms with Crippen LogP contribution in [0.4, 0.5) is 4.79 Å². The number of amides is 1. The highest BCUT2D eigenvalue weighted by atomic mass is 16.6. The first kappa shape index (κ1) is 14.7. The third-order valence-electron chi connectivity index (χ3n) is 3.11. The summed E-state index contributed by atoms with van der Waals surface area (Å²) >= 11 is 0. The van der Waals surface area contributed by atoms with Gasteiger partial charge in [0, 0.05) is 19.5 Å². The minimum atomic E-state index is -0.477. The Balaban J connectivity index is 2.55. The van der Waals surface area contributed by atoms with Crippen molar-refractivity contribution in [1.82, 2.24) is 4.90 Å². The molecule has 4 heteroatoms. The van der Waals surface area contributed by atoms with E-state index in [2.05, 4.69) is 13.5 Å². The number of ketones is 1. The van der Waals surface area contributed by atoms with E-state index in [-0.39, 0.29) is 17.8 Å². The zero-order valence-electron chi connectivity index (χ0n) is 11.7. The lowest BCUT2D eigenvalue weighted by Crippen LogP contribution is -2.35. The van der Waals surface area contributed by atoms with E-state index in [9.17, 15) is 9.59 Å². The number of hydrogen-bond donors (Lipinski definition) is 0. The first-order valence-corrected chi connectivity index (χ1v) is 6.36. The van der Waals surface area contributed by atoms with Crippen molar-refractivity contribution in [3.8, 4) is 0 Å². The van der Waals surface area contributed by atoms with Crippen molar-refractivity contribution in [2.75, 3.05) is 13.1 Å². The summed E-state index contributed by atoms with van der Waals surface area (Å²) in [6.45, 7) is 12.3. The number of carbonyl (C=O) groups excluding carboxylic acids is 2. The fourth-order valence-electron chi connectivity index (χ4n) is 2.12. The summed E-state index contributed by atoms with van der Waals surface area (Å²) in [6, 6.07) is 0. The Labute approximate surface area is 109 Å². The Bertz CT molecular complexity index is 343. The maximum atomic E-state index is 11.9. The van der Waals surface area contributed by atoms with Gasteiger partial charge in [0.25, 0.3) is 0 Å². The zero-order valence-corrected chi connectivity index (χ0v) is 11.7. The van der Waals surface area contributed by atoms with Crippen LogP contribution < -0.4 is 0 Å². The quantitative estimate of drug-likeness (QED) is 0.726. The molecule has 0 aromatic heterocycles. The van der Waals surface area contributed by atoms with Crippen LogP contribution in [0.5, 0.6) is 0 Å². The molecular formula is C14H23NO3. The summed E-state index contributed by atoms with van der Waals surface area (Å²) in [5.41, 5.74) is -0.477. The van der Waals surface area contributed by atoms with Crippen molar-refractivity contribution in [2.24, 2.45) is 11.8 Å². The molecule has 0 aromatic carbocycles. The highest BCUT2D eigenvalue weighted by Gasteiger charge is 2.35. The number of carbonyl (C=O) groups is 2. The van der Waals surface area contributed by atoms with E-state index in [0.29, 0.717) is 25.4 Å². The van der Waals surface area contributed by atoms with E-state index in [1.54, 1.807) is 4.90 Å².